The molecule has 0 saturated carbocycles. The number of aromatic amines is 1. The van der Waals surface area contributed by atoms with E-state index in [1.54, 1.807) is 10.9 Å². The predicted octanol–water partition coefficient (Wildman–Crippen LogP) is 0.733. The number of hydrogen-bond donors (Lipinski definition) is 1. The van der Waals surface area contributed by atoms with Crippen LogP contribution in [0, 0.1) is 0 Å². The minimum absolute atomic E-state index is 0.180. The first kappa shape index (κ1) is 9.64. The lowest BCUT2D eigenvalue weighted by atomic mass is 10.1. The molecule has 2 heterocycles. The summed E-state index contributed by atoms with van der Waals surface area (Å²) in [5, 5.41) is 4.27. The number of H-pyrrole nitrogens is 1. The maximum absolute atomic E-state index is 11.5. The molecule has 0 radical (unpaired) electrons. The SMILES string of the molecule is CCc1nn(C)cc1-c1ncc[nH]c1=O. The van der Waals surface area contributed by atoms with Crippen molar-refractivity contribution in [3.05, 3.63) is 34.6 Å². The Kier molecular flexibility index (Phi) is 2.37. The molecule has 0 aliphatic heterocycles. The summed E-state index contributed by atoms with van der Waals surface area (Å²) in [7, 11) is 1.83. The Hall–Kier alpha value is -1.91. The molecule has 0 fully saturated rings. The quantitative estimate of drug-likeness (QED) is 0.784. The van der Waals surface area contributed by atoms with Crippen LogP contribution in [-0.4, -0.2) is 19.7 Å². The molecular weight excluding hydrogens is 192 g/mol. The van der Waals surface area contributed by atoms with E-state index in [-0.39, 0.29) is 5.56 Å². The molecule has 0 unspecified atom stereocenters. The highest BCUT2D eigenvalue weighted by Crippen LogP contribution is 2.17. The summed E-state index contributed by atoms with van der Waals surface area (Å²) in [6.45, 7) is 2.00. The lowest BCUT2D eigenvalue weighted by Crippen LogP contribution is -2.10. The first-order valence-electron chi connectivity index (χ1n) is 4.79. The van der Waals surface area contributed by atoms with Gasteiger partial charge in [0.1, 0.15) is 5.69 Å². The molecule has 15 heavy (non-hydrogen) atoms. The molecule has 0 spiro atoms. The molecular formula is C10H12N4O. The van der Waals surface area contributed by atoms with Gasteiger partial charge in [0.15, 0.2) is 0 Å². The Balaban J connectivity index is 2.63. The first-order valence-corrected chi connectivity index (χ1v) is 4.79. The van der Waals surface area contributed by atoms with Gasteiger partial charge in [-0.3, -0.25) is 9.48 Å². The van der Waals surface area contributed by atoms with Crippen molar-refractivity contribution in [1.29, 1.82) is 0 Å². The fourth-order valence-corrected chi connectivity index (χ4v) is 1.54. The van der Waals surface area contributed by atoms with E-state index in [2.05, 4.69) is 15.1 Å². The largest absolute Gasteiger partial charge is 0.326 e. The maximum Gasteiger partial charge on any atom is 0.274 e. The van der Waals surface area contributed by atoms with Gasteiger partial charge in [0.2, 0.25) is 0 Å². The van der Waals surface area contributed by atoms with Crippen LogP contribution in [-0.2, 0) is 13.5 Å². The average Bonchev–Trinajstić information content (AvgIpc) is 2.60. The van der Waals surface area contributed by atoms with Gasteiger partial charge >= 0.3 is 0 Å². The van der Waals surface area contributed by atoms with Crippen LogP contribution >= 0.6 is 0 Å². The van der Waals surface area contributed by atoms with Crippen LogP contribution in [0.1, 0.15) is 12.6 Å². The molecule has 5 heteroatoms. The van der Waals surface area contributed by atoms with Gasteiger partial charge in [0.25, 0.3) is 5.56 Å². The van der Waals surface area contributed by atoms with Gasteiger partial charge in [0.05, 0.1) is 5.69 Å². The molecule has 2 aromatic heterocycles. The van der Waals surface area contributed by atoms with E-state index < -0.39 is 0 Å². The summed E-state index contributed by atoms with van der Waals surface area (Å²) >= 11 is 0. The average molecular weight is 204 g/mol. The van der Waals surface area contributed by atoms with E-state index in [1.807, 2.05) is 20.2 Å². The Morgan fingerprint density at radius 3 is 3.00 bits per heavy atom. The van der Waals surface area contributed by atoms with Gasteiger partial charge in [-0.15, -0.1) is 0 Å². The Labute approximate surface area is 86.8 Å². The summed E-state index contributed by atoms with van der Waals surface area (Å²) in [4.78, 5) is 18.2. The van der Waals surface area contributed by atoms with E-state index in [4.69, 9.17) is 0 Å². The van der Waals surface area contributed by atoms with Crippen molar-refractivity contribution >= 4 is 0 Å². The minimum Gasteiger partial charge on any atom is -0.326 e. The lowest BCUT2D eigenvalue weighted by molar-refractivity contribution is 0.746. The van der Waals surface area contributed by atoms with E-state index in [1.165, 1.54) is 6.20 Å². The van der Waals surface area contributed by atoms with Crippen LogP contribution in [0.2, 0.25) is 0 Å². The molecule has 0 aliphatic rings. The highest BCUT2D eigenvalue weighted by atomic mass is 16.1. The van der Waals surface area contributed by atoms with Crippen LogP contribution in [0.15, 0.2) is 23.4 Å². The van der Waals surface area contributed by atoms with Gasteiger partial charge in [-0.25, -0.2) is 4.98 Å². The number of rotatable bonds is 2. The normalized spacial score (nSPS) is 10.5. The van der Waals surface area contributed by atoms with Crippen molar-refractivity contribution in [2.24, 2.45) is 7.05 Å². The van der Waals surface area contributed by atoms with Gasteiger partial charge in [0, 0.05) is 31.2 Å². The second kappa shape index (κ2) is 3.68. The summed E-state index contributed by atoms with van der Waals surface area (Å²) < 4.78 is 1.70. The van der Waals surface area contributed by atoms with Crippen molar-refractivity contribution in [3.8, 4) is 11.3 Å². The van der Waals surface area contributed by atoms with E-state index in [9.17, 15) is 4.79 Å². The van der Waals surface area contributed by atoms with Gasteiger partial charge in [-0.1, -0.05) is 6.92 Å². The zero-order valence-electron chi connectivity index (χ0n) is 8.69. The van der Waals surface area contributed by atoms with E-state index in [0.29, 0.717) is 5.69 Å². The van der Waals surface area contributed by atoms with Crippen molar-refractivity contribution in [3.63, 3.8) is 0 Å². The summed E-state index contributed by atoms with van der Waals surface area (Å²) in [5.74, 6) is 0. The van der Waals surface area contributed by atoms with Gasteiger partial charge < -0.3 is 4.98 Å². The van der Waals surface area contributed by atoms with E-state index in [0.717, 1.165) is 17.7 Å². The lowest BCUT2D eigenvalue weighted by Gasteiger charge is -1.96. The molecule has 2 aromatic rings. The molecule has 0 aromatic carbocycles. The highest BCUT2D eigenvalue weighted by molar-refractivity contribution is 5.59. The molecule has 0 aliphatic carbocycles. The Bertz CT molecular complexity index is 526. The standard InChI is InChI=1S/C10H12N4O/c1-3-8-7(6-14(2)13-8)9-10(15)12-5-4-11-9/h4-6H,3H2,1-2H3,(H,12,15). The minimum atomic E-state index is -0.180. The van der Waals surface area contributed by atoms with Crippen molar-refractivity contribution in [1.82, 2.24) is 19.7 Å². The zero-order valence-corrected chi connectivity index (χ0v) is 8.69. The predicted molar refractivity (Wildman–Crippen MR) is 56.4 cm³/mol. The number of hydrogen-bond acceptors (Lipinski definition) is 3. The molecule has 1 N–H and O–H groups in total. The molecule has 2 rings (SSSR count). The molecule has 0 saturated heterocycles. The fourth-order valence-electron chi connectivity index (χ4n) is 1.54. The summed E-state index contributed by atoms with van der Waals surface area (Å²) in [5.41, 5.74) is 1.95. The molecule has 5 nitrogen and oxygen atoms in total. The molecule has 78 valence electrons. The second-order valence-electron chi connectivity index (χ2n) is 3.28. The van der Waals surface area contributed by atoms with E-state index >= 15 is 0 Å². The summed E-state index contributed by atoms with van der Waals surface area (Å²) in [6.07, 6.45) is 5.69. The topological polar surface area (TPSA) is 63.6 Å². The van der Waals surface area contributed by atoms with Crippen LogP contribution in [0.5, 0.6) is 0 Å². The van der Waals surface area contributed by atoms with Gasteiger partial charge in [-0.05, 0) is 6.42 Å². The van der Waals surface area contributed by atoms with Crippen LogP contribution < -0.4 is 5.56 Å². The van der Waals surface area contributed by atoms with Crippen LogP contribution in [0.4, 0.5) is 0 Å². The zero-order chi connectivity index (χ0) is 10.8. The first-order chi connectivity index (χ1) is 7.22. The third-order valence-corrected chi connectivity index (χ3v) is 2.20. The number of aryl methyl sites for hydroxylation is 2. The van der Waals surface area contributed by atoms with Crippen molar-refractivity contribution in [2.45, 2.75) is 13.3 Å². The molecule has 0 amide bonds. The monoisotopic (exact) mass is 204 g/mol. The Morgan fingerprint density at radius 2 is 2.33 bits per heavy atom. The highest BCUT2D eigenvalue weighted by Gasteiger charge is 2.12. The fraction of sp³-hybridized carbons (Fsp3) is 0.300. The van der Waals surface area contributed by atoms with Gasteiger partial charge in [-0.2, -0.15) is 5.10 Å². The van der Waals surface area contributed by atoms with Crippen LogP contribution in [0.3, 0.4) is 0 Å². The molecule has 0 bridgehead atoms. The third kappa shape index (κ3) is 1.68. The van der Waals surface area contributed by atoms with Crippen molar-refractivity contribution in [2.75, 3.05) is 0 Å². The third-order valence-electron chi connectivity index (χ3n) is 2.20. The second-order valence-corrected chi connectivity index (χ2v) is 3.28. The maximum atomic E-state index is 11.5. The Morgan fingerprint density at radius 1 is 1.53 bits per heavy atom. The number of nitrogens with zero attached hydrogens (tertiary/aromatic N) is 3. The van der Waals surface area contributed by atoms with Crippen molar-refractivity contribution < 1.29 is 0 Å². The number of aromatic nitrogens is 4. The number of nitrogens with one attached hydrogen (secondary N) is 1. The molecule has 0 atom stereocenters. The van der Waals surface area contributed by atoms with Crippen LogP contribution in [0.25, 0.3) is 11.3 Å². The summed E-state index contributed by atoms with van der Waals surface area (Å²) in [6, 6.07) is 0. The smallest absolute Gasteiger partial charge is 0.274 e.